The third kappa shape index (κ3) is 2.54. The zero-order valence-corrected chi connectivity index (χ0v) is 12.3. The highest BCUT2D eigenvalue weighted by atomic mass is 79.9. The summed E-state index contributed by atoms with van der Waals surface area (Å²) in [7, 11) is 0. The van der Waals surface area contributed by atoms with E-state index in [1.54, 1.807) is 24.3 Å². The van der Waals surface area contributed by atoms with E-state index in [1.807, 2.05) is 0 Å². The number of nitrogen functional groups attached to an aromatic ring is 1. The van der Waals surface area contributed by atoms with Crippen molar-refractivity contribution < 1.29 is 8.78 Å². The van der Waals surface area contributed by atoms with Gasteiger partial charge in [0.25, 0.3) is 0 Å². The fraction of sp³-hybridized carbons (Fsp3) is 0. The fourth-order valence-electron chi connectivity index (χ4n) is 2.13. The minimum atomic E-state index is -0.384. The zero-order chi connectivity index (χ0) is 15.0. The van der Waals surface area contributed by atoms with Gasteiger partial charge in [0, 0.05) is 5.56 Å². The van der Waals surface area contributed by atoms with Crippen LogP contribution in [0.5, 0.6) is 0 Å². The number of rotatable bonds is 2. The summed E-state index contributed by atoms with van der Waals surface area (Å²) in [6.07, 6.45) is 0. The zero-order valence-electron chi connectivity index (χ0n) is 10.7. The van der Waals surface area contributed by atoms with Gasteiger partial charge < -0.3 is 5.73 Å². The minimum absolute atomic E-state index is 0.278. The molecule has 0 aliphatic rings. The summed E-state index contributed by atoms with van der Waals surface area (Å²) in [4.78, 5) is 0. The molecule has 0 saturated carbocycles. The van der Waals surface area contributed by atoms with Crippen LogP contribution in [0.25, 0.3) is 22.4 Å². The van der Waals surface area contributed by atoms with Gasteiger partial charge in [-0.3, -0.25) is 5.10 Å². The van der Waals surface area contributed by atoms with Crippen molar-refractivity contribution in [2.75, 3.05) is 5.73 Å². The normalized spacial score (nSPS) is 10.8. The quantitative estimate of drug-likeness (QED) is 0.721. The Morgan fingerprint density at radius 1 is 1.00 bits per heavy atom. The molecule has 21 heavy (non-hydrogen) atoms. The molecule has 3 aromatic rings. The predicted octanol–water partition coefficient (Wildman–Crippen LogP) is 4.37. The number of nitrogens with zero attached hydrogens (tertiary/aromatic N) is 1. The van der Waals surface area contributed by atoms with Gasteiger partial charge in [-0.25, -0.2) is 8.78 Å². The van der Waals surface area contributed by atoms with Gasteiger partial charge in [-0.1, -0.05) is 18.2 Å². The third-order valence-corrected chi connectivity index (χ3v) is 3.78. The molecule has 3 nitrogen and oxygen atoms in total. The molecule has 0 saturated heterocycles. The first-order chi connectivity index (χ1) is 10.1. The number of nitrogens with one attached hydrogen (secondary N) is 1. The average Bonchev–Trinajstić information content (AvgIpc) is 2.85. The number of hydrogen-bond acceptors (Lipinski definition) is 2. The molecule has 3 rings (SSSR count). The highest BCUT2D eigenvalue weighted by molar-refractivity contribution is 9.10. The summed E-state index contributed by atoms with van der Waals surface area (Å²) >= 11 is 3.11. The van der Waals surface area contributed by atoms with Gasteiger partial charge in [-0.15, -0.1) is 0 Å². The molecule has 0 fully saturated rings. The molecule has 0 amide bonds. The van der Waals surface area contributed by atoms with Gasteiger partial charge in [0.2, 0.25) is 0 Å². The maximum atomic E-state index is 13.7. The molecule has 0 radical (unpaired) electrons. The Bertz CT molecular complexity index is 797. The van der Waals surface area contributed by atoms with E-state index in [0.29, 0.717) is 26.9 Å². The third-order valence-electron chi connectivity index (χ3n) is 3.14. The molecular formula is C15H10BrF2N3. The van der Waals surface area contributed by atoms with Crippen LogP contribution < -0.4 is 5.73 Å². The second-order valence-electron chi connectivity index (χ2n) is 4.49. The molecule has 3 N–H and O–H groups in total. The molecule has 0 spiro atoms. The van der Waals surface area contributed by atoms with Crippen LogP contribution in [0.15, 0.2) is 46.9 Å². The monoisotopic (exact) mass is 349 g/mol. The van der Waals surface area contributed by atoms with E-state index >= 15 is 0 Å². The highest BCUT2D eigenvalue weighted by Gasteiger charge is 2.15. The smallest absolute Gasteiger partial charge is 0.153 e. The molecule has 106 valence electrons. The van der Waals surface area contributed by atoms with Crippen molar-refractivity contribution in [3.63, 3.8) is 0 Å². The Hall–Kier alpha value is -2.21. The lowest BCUT2D eigenvalue weighted by Crippen LogP contribution is -1.89. The van der Waals surface area contributed by atoms with Crippen molar-refractivity contribution in [1.29, 1.82) is 0 Å². The number of hydrogen-bond donors (Lipinski definition) is 2. The van der Waals surface area contributed by atoms with Crippen LogP contribution in [-0.4, -0.2) is 10.2 Å². The van der Waals surface area contributed by atoms with Crippen molar-refractivity contribution in [3.05, 3.63) is 58.6 Å². The Labute approximate surface area is 127 Å². The lowest BCUT2D eigenvalue weighted by molar-refractivity contribution is 0.621. The van der Waals surface area contributed by atoms with E-state index in [4.69, 9.17) is 5.73 Å². The maximum absolute atomic E-state index is 13.7. The molecule has 0 atom stereocenters. The van der Waals surface area contributed by atoms with Crippen LogP contribution in [0.2, 0.25) is 0 Å². The van der Waals surface area contributed by atoms with E-state index in [-0.39, 0.29) is 17.5 Å². The Balaban J connectivity index is 2.16. The maximum Gasteiger partial charge on any atom is 0.153 e. The SMILES string of the molecule is Nc1n[nH]c(-c2ccc(Br)c(F)c2)c1-c1ccc(F)cc1. The standard InChI is InChI=1S/C15H10BrF2N3/c16-11-6-3-9(7-12(11)18)14-13(15(19)21-20-14)8-1-4-10(17)5-2-8/h1-7H,(H3,19,20,21). The topological polar surface area (TPSA) is 54.7 Å². The number of H-pyrrole nitrogens is 1. The molecule has 0 aliphatic carbocycles. The Morgan fingerprint density at radius 2 is 1.67 bits per heavy atom. The second-order valence-corrected chi connectivity index (χ2v) is 5.35. The number of nitrogens with two attached hydrogens (primary N) is 1. The summed E-state index contributed by atoms with van der Waals surface area (Å²) in [6, 6.07) is 10.6. The van der Waals surface area contributed by atoms with Crippen LogP contribution in [0.3, 0.4) is 0 Å². The number of anilines is 1. The molecule has 2 aromatic carbocycles. The van der Waals surface area contributed by atoms with E-state index < -0.39 is 0 Å². The van der Waals surface area contributed by atoms with Crippen LogP contribution in [0.1, 0.15) is 0 Å². The Morgan fingerprint density at radius 3 is 2.33 bits per heavy atom. The van der Waals surface area contributed by atoms with Gasteiger partial charge in [0.15, 0.2) is 5.82 Å². The van der Waals surface area contributed by atoms with E-state index in [9.17, 15) is 8.78 Å². The van der Waals surface area contributed by atoms with Gasteiger partial charge in [-0.05, 0) is 45.8 Å². The molecule has 1 aromatic heterocycles. The first-order valence-corrected chi connectivity index (χ1v) is 6.91. The summed E-state index contributed by atoms with van der Waals surface area (Å²) in [6.45, 7) is 0. The number of halogens is 3. The summed E-state index contributed by atoms with van der Waals surface area (Å²) in [5.74, 6) is -0.442. The van der Waals surface area contributed by atoms with Crippen LogP contribution >= 0.6 is 15.9 Å². The lowest BCUT2D eigenvalue weighted by Gasteiger charge is -2.06. The minimum Gasteiger partial charge on any atom is -0.382 e. The first-order valence-electron chi connectivity index (χ1n) is 6.11. The van der Waals surface area contributed by atoms with Gasteiger partial charge in [0.1, 0.15) is 11.6 Å². The number of aromatic nitrogens is 2. The van der Waals surface area contributed by atoms with Crippen LogP contribution in [-0.2, 0) is 0 Å². The fourth-order valence-corrected chi connectivity index (χ4v) is 2.37. The second kappa shape index (κ2) is 5.29. The lowest BCUT2D eigenvalue weighted by atomic mass is 10.0. The van der Waals surface area contributed by atoms with Crippen molar-refractivity contribution in [2.24, 2.45) is 0 Å². The highest BCUT2D eigenvalue weighted by Crippen LogP contribution is 2.35. The van der Waals surface area contributed by atoms with Crippen molar-refractivity contribution in [1.82, 2.24) is 10.2 Å². The first kappa shape index (κ1) is 13.8. The number of benzene rings is 2. The van der Waals surface area contributed by atoms with Crippen LogP contribution in [0.4, 0.5) is 14.6 Å². The summed E-state index contributed by atoms with van der Waals surface area (Å²) in [5.41, 5.74) is 8.41. The molecule has 1 heterocycles. The van der Waals surface area contributed by atoms with Gasteiger partial charge in [-0.2, -0.15) is 5.10 Å². The predicted molar refractivity (Wildman–Crippen MR) is 81.5 cm³/mol. The molecule has 0 unspecified atom stereocenters. The Kier molecular flexibility index (Phi) is 3.47. The van der Waals surface area contributed by atoms with Gasteiger partial charge >= 0.3 is 0 Å². The molecular weight excluding hydrogens is 340 g/mol. The average molecular weight is 350 g/mol. The molecule has 6 heteroatoms. The van der Waals surface area contributed by atoms with Crippen LogP contribution in [0, 0.1) is 11.6 Å². The van der Waals surface area contributed by atoms with E-state index in [0.717, 1.165) is 0 Å². The molecule has 0 bridgehead atoms. The number of aromatic amines is 1. The van der Waals surface area contributed by atoms with Crippen molar-refractivity contribution in [3.8, 4) is 22.4 Å². The van der Waals surface area contributed by atoms with E-state index in [2.05, 4.69) is 26.1 Å². The largest absolute Gasteiger partial charge is 0.382 e. The van der Waals surface area contributed by atoms with Crippen molar-refractivity contribution >= 4 is 21.7 Å². The van der Waals surface area contributed by atoms with Crippen molar-refractivity contribution in [2.45, 2.75) is 0 Å². The molecule has 0 aliphatic heterocycles. The van der Waals surface area contributed by atoms with Gasteiger partial charge in [0.05, 0.1) is 15.7 Å². The summed E-state index contributed by atoms with van der Waals surface area (Å²) < 4.78 is 27.1. The summed E-state index contributed by atoms with van der Waals surface area (Å²) in [5, 5.41) is 6.77. The van der Waals surface area contributed by atoms with E-state index in [1.165, 1.54) is 18.2 Å².